The molecule has 1 rings (SSSR count). The Bertz CT molecular complexity index is 455. The summed E-state index contributed by atoms with van der Waals surface area (Å²) >= 11 is 1.65. The molecular weight excluding hydrogens is 296 g/mol. The molecule has 4 heteroatoms. The SMILES string of the molecule is COCSc1ccccc1C(OC)OC(C)CCC=C(C)C. The molecule has 124 valence electrons. The molecule has 22 heavy (non-hydrogen) atoms. The summed E-state index contributed by atoms with van der Waals surface area (Å²) in [5.74, 6) is 0.615. The Hall–Kier alpha value is -0.810. The van der Waals surface area contributed by atoms with Crippen LogP contribution in [0.2, 0.25) is 0 Å². The average molecular weight is 324 g/mol. The second-order valence-electron chi connectivity index (χ2n) is 5.46. The van der Waals surface area contributed by atoms with E-state index in [1.165, 1.54) is 5.57 Å². The molecule has 0 aromatic heterocycles. The normalized spacial score (nSPS) is 13.7. The molecule has 2 unspecified atom stereocenters. The minimum atomic E-state index is -0.345. The second-order valence-corrected chi connectivity index (χ2v) is 6.43. The van der Waals surface area contributed by atoms with Gasteiger partial charge in [0.05, 0.1) is 12.0 Å². The monoisotopic (exact) mass is 324 g/mol. The van der Waals surface area contributed by atoms with Crippen LogP contribution in [-0.2, 0) is 14.2 Å². The van der Waals surface area contributed by atoms with Crippen LogP contribution in [-0.4, -0.2) is 26.3 Å². The molecule has 0 aliphatic carbocycles. The maximum absolute atomic E-state index is 6.08. The van der Waals surface area contributed by atoms with Crippen molar-refractivity contribution < 1.29 is 14.2 Å². The molecule has 0 saturated heterocycles. The third-order valence-electron chi connectivity index (χ3n) is 3.20. The van der Waals surface area contributed by atoms with Gasteiger partial charge in [-0.25, -0.2) is 0 Å². The molecular formula is C18H28O3S. The third-order valence-corrected chi connectivity index (χ3v) is 4.24. The van der Waals surface area contributed by atoms with Gasteiger partial charge in [0.25, 0.3) is 0 Å². The fraction of sp³-hybridized carbons (Fsp3) is 0.556. The number of ether oxygens (including phenoxy) is 3. The molecule has 0 fully saturated rings. The molecule has 3 nitrogen and oxygen atoms in total. The van der Waals surface area contributed by atoms with Gasteiger partial charge in [-0.05, 0) is 39.7 Å². The van der Waals surface area contributed by atoms with Crippen LogP contribution >= 0.6 is 11.8 Å². The van der Waals surface area contributed by atoms with Gasteiger partial charge >= 0.3 is 0 Å². The number of thioether (sulfide) groups is 1. The van der Waals surface area contributed by atoms with Crippen LogP contribution < -0.4 is 0 Å². The van der Waals surface area contributed by atoms with E-state index in [1.807, 2.05) is 12.1 Å². The zero-order chi connectivity index (χ0) is 16.4. The topological polar surface area (TPSA) is 27.7 Å². The van der Waals surface area contributed by atoms with Gasteiger partial charge in [0.15, 0.2) is 6.29 Å². The third kappa shape index (κ3) is 6.97. The van der Waals surface area contributed by atoms with Crippen LogP contribution in [0.15, 0.2) is 40.8 Å². The fourth-order valence-electron chi connectivity index (χ4n) is 2.07. The number of hydrogen-bond donors (Lipinski definition) is 0. The molecule has 0 radical (unpaired) electrons. The van der Waals surface area contributed by atoms with Gasteiger partial charge in [0.2, 0.25) is 0 Å². The van der Waals surface area contributed by atoms with Gasteiger partial charge in [-0.15, -0.1) is 0 Å². The lowest BCUT2D eigenvalue weighted by Crippen LogP contribution is -2.16. The van der Waals surface area contributed by atoms with E-state index in [0.29, 0.717) is 5.94 Å². The Morgan fingerprint density at radius 3 is 2.59 bits per heavy atom. The van der Waals surface area contributed by atoms with Crippen molar-refractivity contribution in [2.75, 3.05) is 20.2 Å². The molecule has 1 aromatic rings. The zero-order valence-corrected chi connectivity index (χ0v) is 15.1. The van der Waals surface area contributed by atoms with E-state index in [4.69, 9.17) is 14.2 Å². The lowest BCUT2D eigenvalue weighted by atomic mass is 10.1. The van der Waals surface area contributed by atoms with E-state index in [1.54, 1.807) is 26.0 Å². The standard InChI is InChI=1S/C18H28O3S/c1-14(2)9-8-10-15(3)21-18(20-5)16-11-6-7-12-17(16)22-13-19-4/h6-7,9,11-12,15,18H,8,10,13H2,1-5H3. The smallest absolute Gasteiger partial charge is 0.184 e. The molecule has 1 aromatic carbocycles. The molecule has 0 aliphatic rings. The first-order chi connectivity index (χ1) is 10.6. The van der Waals surface area contributed by atoms with Crippen LogP contribution in [0, 0.1) is 0 Å². The fourth-order valence-corrected chi connectivity index (χ4v) is 2.82. The maximum atomic E-state index is 6.08. The number of methoxy groups -OCH3 is 2. The highest BCUT2D eigenvalue weighted by atomic mass is 32.2. The van der Waals surface area contributed by atoms with Gasteiger partial charge in [-0.2, -0.15) is 0 Å². The highest BCUT2D eigenvalue weighted by Gasteiger charge is 2.18. The molecule has 0 bridgehead atoms. The lowest BCUT2D eigenvalue weighted by molar-refractivity contribution is -0.157. The van der Waals surface area contributed by atoms with Crippen LogP contribution in [0.5, 0.6) is 0 Å². The number of rotatable bonds is 10. The summed E-state index contributed by atoms with van der Waals surface area (Å²) in [6.45, 7) is 6.33. The second kappa shape index (κ2) is 10.8. The van der Waals surface area contributed by atoms with Gasteiger partial charge < -0.3 is 14.2 Å². The molecule has 0 amide bonds. The number of allylic oxidation sites excluding steroid dienone is 2. The lowest BCUT2D eigenvalue weighted by Gasteiger charge is -2.23. The quantitative estimate of drug-likeness (QED) is 0.337. The number of hydrogen-bond acceptors (Lipinski definition) is 4. The molecule has 0 saturated carbocycles. The molecule has 0 spiro atoms. The number of benzene rings is 1. The molecule has 0 heterocycles. The molecule has 2 atom stereocenters. The van der Waals surface area contributed by atoms with E-state index in [-0.39, 0.29) is 12.4 Å². The first-order valence-electron chi connectivity index (χ1n) is 7.60. The Morgan fingerprint density at radius 1 is 1.23 bits per heavy atom. The van der Waals surface area contributed by atoms with E-state index < -0.39 is 0 Å². The summed E-state index contributed by atoms with van der Waals surface area (Å²) < 4.78 is 16.8. The van der Waals surface area contributed by atoms with Gasteiger partial charge in [-0.3, -0.25) is 0 Å². The minimum absolute atomic E-state index is 0.140. The van der Waals surface area contributed by atoms with Crippen molar-refractivity contribution in [1.82, 2.24) is 0 Å². The van der Waals surface area contributed by atoms with E-state index in [9.17, 15) is 0 Å². The Morgan fingerprint density at radius 2 is 1.95 bits per heavy atom. The summed E-state index contributed by atoms with van der Waals surface area (Å²) in [6.07, 6.45) is 4.05. The Balaban J connectivity index is 2.68. The van der Waals surface area contributed by atoms with Crippen LogP contribution in [0.3, 0.4) is 0 Å². The summed E-state index contributed by atoms with van der Waals surface area (Å²) in [7, 11) is 3.39. The zero-order valence-electron chi connectivity index (χ0n) is 14.3. The first-order valence-corrected chi connectivity index (χ1v) is 8.59. The van der Waals surface area contributed by atoms with Crippen molar-refractivity contribution in [3.8, 4) is 0 Å². The van der Waals surface area contributed by atoms with Gasteiger partial charge in [-0.1, -0.05) is 41.6 Å². The van der Waals surface area contributed by atoms with Gasteiger partial charge in [0.1, 0.15) is 0 Å². The summed E-state index contributed by atoms with van der Waals surface area (Å²) in [6, 6.07) is 8.15. The predicted octanol–water partition coefficient (Wildman–Crippen LogP) is 5.18. The molecule has 0 N–H and O–H groups in total. The minimum Gasteiger partial charge on any atom is -0.374 e. The van der Waals surface area contributed by atoms with E-state index in [0.717, 1.165) is 23.3 Å². The van der Waals surface area contributed by atoms with Crippen molar-refractivity contribution in [3.63, 3.8) is 0 Å². The maximum Gasteiger partial charge on any atom is 0.184 e. The van der Waals surface area contributed by atoms with Crippen molar-refractivity contribution in [1.29, 1.82) is 0 Å². The van der Waals surface area contributed by atoms with Crippen molar-refractivity contribution >= 4 is 11.8 Å². The predicted molar refractivity (Wildman–Crippen MR) is 93.1 cm³/mol. The molecule has 0 aliphatic heterocycles. The highest BCUT2D eigenvalue weighted by molar-refractivity contribution is 7.99. The van der Waals surface area contributed by atoms with E-state index in [2.05, 4.69) is 39.0 Å². The highest BCUT2D eigenvalue weighted by Crippen LogP contribution is 2.31. The summed E-state index contributed by atoms with van der Waals surface area (Å²) in [5, 5.41) is 0. The van der Waals surface area contributed by atoms with Crippen molar-refractivity contribution in [2.24, 2.45) is 0 Å². The largest absolute Gasteiger partial charge is 0.374 e. The van der Waals surface area contributed by atoms with Crippen molar-refractivity contribution in [2.45, 2.75) is 50.9 Å². The van der Waals surface area contributed by atoms with Crippen LogP contribution in [0.4, 0.5) is 0 Å². The van der Waals surface area contributed by atoms with E-state index >= 15 is 0 Å². The Kier molecular flexibility index (Phi) is 9.48. The first kappa shape index (κ1) is 19.2. The average Bonchev–Trinajstić information content (AvgIpc) is 2.50. The summed E-state index contributed by atoms with van der Waals surface area (Å²) in [4.78, 5) is 1.13. The van der Waals surface area contributed by atoms with Gasteiger partial charge in [0, 0.05) is 24.7 Å². The summed E-state index contributed by atoms with van der Waals surface area (Å²) in [5.41, 5.74) is 2.40. The Labute approximate surface area is 139 Å². The van der Waals surface area contributed by atoms with Crippen molar-refractivity contribution in [3.05, 3.63) is 41.5 Å². The van der Waals surface area contributed by atoms with Crippen LogP contribution in [0.25, 0.3) is 0 Å². The van der Waals surface area contributed by atoms with Crippen LogP contribution in [0.1, 0.15) is 45.5 Å².